The molecule has 0 saturated carbocycles. The molecule has 6 heteroatoms. The number of benzene rings is 1. The van der Waals surface area contributed by atoms with Crippen molar-refractivity contribution < 1.29 is 9.59 Å². The highest BCUT2D eigenvalue weighted by Crippen LogP contribution is 2.38. The van der Waals surface area contributed by atoms with Gasteiger partial charge in [0.05, 0.1) is 5.71 Å². The number of hydrogen-bond acceptors (Lipinski definition) is 4. The Labute approximate surface area is 163 Å². The molecule has 0 radical (unpaired) electrons. The highest BCUT2D eigenvalue weighted by atomic mass is 32.1. The van der Waals surface area contributed by atoms with Crippen LogP contribution in [0.15, 0.2) is 35.3 Å². The number of amides is 2. The number of rotatable bonds is 3. The number of aryl methyl sites for hydroxylation is 1. The van der Waals surface area contributed by atoms with Crippen molar-refractivity contribution in [2.24, 2.45) is 4.99 Å². The molecule has 0 N–H and O–H groups in total. The summed E-state index contributed by atoms with van der Waals surface area (Å²) in [6.45, 7) is 5.88. The van der Waals surface area contributed by atoms with E-state index in [0.717, 1.165) is 58.2 Å². The molecule has 0 spiro atoms. The van der Waals surface area contributed by atoms with Crippen LogP contribution < -0.4 is 4.90 Å². The van der Waals surface area contributed by atoms with Crippen molar-refractivity contribution in [3.05, 3.63) is 51.9 Å². The summed E-state index contributed by atoms with van der Waals surface area (Å²) < 4.78 is 0. The fourth-order valence-electron chi connectivity index (χ4n) is 3.70. The normalized spacial score (nSPS) is 17.0. The van der Waals surface area contributed by atoms with Crippen LogP contribution in [0, 0.1) is 13.8 Å². The first-order valence-electron chi connectivity index (χ1n) is 9.34. The fraction of sp³-hybridized carbons (Fsp3) is 0.381. The second-order valence-electron chi connectivity index (χ2n) is 7.06. The van der Waals surface area contributed by atoms with Gasteiger partial charge in [0.1, 0.15) is 18.1 Å². The molecule has 1 aromatic heterocycles. The van der Waals surface area contributed by atoms with Crippen LogP contribution in [0.3, 0.4) is 0 Å². The average Bonchev–Trinajstić information content (AvgIpc) is 3.28. The topological polar surface area (TPSA) is 53.0 Å². The number of nitrogens with zero attached hydrogens (tertiary/aromatic N) is 3. The fourth-order valence-corrected chi connectivity index (χ4v) is 4.87. The van der Waals surface area contributed by atoms with E-state index in [9.17, 15) is 9.59 Å². The third kappa shape index (κ3) is 3.30. The lowest BCUT2D eigenvalue weighted by atomic mass is 10.00. The monoisotopic (exact) mass is 381 g/mol. The Morgan fingerprint density at radius 2 is 1.85 bits per heavy atom. The first-order valence-corrected chi connectivity index (χ1v) is 10.2. The number of thiophene rings is 1. The van der Waals surface area contributed by atoms with Gasteiger partial charge in [0, 0.05) is 29.1 Å². The summed E-state index contributed by atoms with van der Waals surface area (Å²) in [5, 5.41) is 0.850. The van der Waals surface area contributed by atoms with Gasteiger partial charge in [-0.2, -0.15) is 0 Å². The number of hydrogen-bond donors (Lipinski definition) is 0. The second kappa shape index (κ2) is 7.27. The minimum Gasteiger partial charge on any atom is -0.341 e. The van der Waals surface area contributed by atoms with Crippen molar-refractivity contribution in [1.29, 1.82) is 0 Å². The van der Waals surface area contributed by atoms with E-state index in [1.54, 1.807) is 16.2 Å². The number of carbonyl (C=O) groups is 2. The van der Waals surface area contributed by atoms with E-state index < -0.39 is 0 Å². The van der Waals surface area contributed by atoms with Crippen LogP contribution in [-0.2, 0) is 9.59 Å². The van der Waals surface area contributed by atoms with E-state index >= 15 is 0 Å². The molecular weight excluding hydrogens is 358 g/mol. The van der Waals surface area contributed by atoms with Crippen LogP contribution in [0.4, 0.5) is 5.00 Å². The molecule has 2 amide bonds. The van der Waals surface area contributed by atoms with Gasteiger partial charge < -0.3 is 4.90 Å². The summed E-state index contributed by atoms with van der Waals surface area (Å²) in [6, 6.07) is 9.97. The Hall–Kier alpha value is -2.47. The Bertz CT molecular complexity index is 911. The zero-order chi connectivity index (χ0) is 19.0. The van der Waals surface area contributed by atoms with Gasteiger partial charge in [0.15, 0.2) is 0 Å². The van der Waals surface area contributed by atoms with Gasteiger partial charge in [-0.25, -0.2) is 0 Å². The highest BCUT2D eigenvalue weighted by molar-refractivity contribution is 7.17. The van der Waals surface area contributed by atoms with E-state index in [1.165, 1.54) is 0 Å². The number of likely N-dealkylation sites (tertiary alicyclic amines) is 1. The molecule has 0 aliphatic carbocycles. The predicted molar refractivity (Wildman–Crippen MR) is 109 cm³/mol. The van der Waals surface area contributed by atoms with Gasteiger partial charge in [0.25, 0.3) is 0 Å². The molecule has 1 saturated heterocycles. The summed E-state index contributed by atoms with van der Waals surface area (Å²) in [7, 11) is 0. The molecule has 2 aromatic rings. The number of anilines is 1. The average molecular weight is 382 g/mol. The Morgan fingerprint density at radius 1 is 1.15 bits per heavy atom. The van der Waals surface area contributed by atoms with Crippen LogP contribution >= 0.6 is 11.3 Å². The molecule has 2 aliphatic heterocycles. The molecule has 0 atom stereocenters. The quantitative estimate of drug-likeness (QED) is 0.820. The number of carbonyl (C=O) groups excluding carboxylic acids is 2. The maximum Gasteiger partial charge on any atom is 0.249 e. The van der Waals surface area contributed by atoms with Crippen molar-refractivity contribution in [3.8, 4) is 0 Å². The Balaban J connectivity index is 1.75. The second-order valence-corrected chi connectivity index (χ2v) is 8.27. The molecule has 0 bridgehead atoms. The highest BCUT2D eigenvalue weighted by Gasteiger charge is 2.32. The third-order valence-electron chi connectivity index (χ3n) is 5.32. The summed E-state index contributed by atoms with van der Waals surface area (Å²) >= 11 is 1.58. The van der Waals surface area contributed by atoms with Crippen LogP contribution in [-0.4, -0.2) is 48.6 Å². The van der Waals surface area contributed by atoms with E-state index in [2.05, 4.69) is 18.8 Å². The van der Waals surface area contributed by atoms with Crippen molar-refractivity contribution >= 4 is 33.9 Å². The van der Waals surface area contributed by atoms with E-state index in [4.69, 9.17) is 0 Å². The molecule has 3 heterocycles. The Kier molecular flexibility index (Phi) is 4.83. The molecule has 1 aromatic carbocycles. The zero-order valence-electron chi connectivity index (χ0n) is 15.7. The molecule has 0 unspecified atom stereocenters. The van der Waals surface area contributed by atoms with E-state index in [0.29, 0.717) is 0 Å². The minimum absolute atomic E-state index is 0.0265. The van der Waals surface area contributed by atoms with Crippen LogP contribution in [0.2, 0.25) is 0 Å². The van der Waals surface area contributed by atoms with Crippen LogP contribution in [0.1, 0.15) is 34.4 Å². The van der Waals surface area contributed by atoms with Gasteiger partial charge in [0.2, 0.25) is 11.8 Å². The first-order chi connectivity index (χ1) is 13.1. The molecule has 140 valence electrons. The van der Waals surface area contributed by atoms with E-state index in [1.807, 2.05) is 35.2 Å². The smallest absolute Gasteiger partial charge is 0.249 e. The summed E-state index contributed by atoms with van der Waals surface area (Å²) in [5.74, 6) is -0.0883. The van der Waals surface area contributed by atoms with Gasteiger partial charge in [-0.05, 0) is 32.3 Å². The predicted octanol–water partition coefficient (Wildman–Crippen LogP) is 3.17. The lowest BCUT2D eigenvalue weighted by molar-refractivity contribution is -0.130. The van der Waals surface area contributed by atoms with Crippen molar-refractivity contribution in [2.45, 2.75) is 26.7 Å². The molecule has 5 nitrogen and oxygen atoms in total. The van der Waals surface area contributed by atoms with Gasteiger partial charge in [-0.15, -0.1) is 11.3 Å². The number of fused-ring (bicyclic) bond motifs is 1. The molecule has 27 heavy (non-hydrogen) atoms. The van der Waals surface area contributed by atoms with Crippen molar-refractivity contribution in [3.63, 3.8) is 0 Å². The molecule has 4 rings (SSSR count). The lowest BCUT2D eigenvalue weighted by Crippen LogP contribution is -2.42. The van der Waals surface area contributed by atoms with Gasteiger partial charge in [-0.3, -0.25) is 19.5 Å². The standard InChI is InChI=1S/C21H23N3O2S/c1-14-15(2)27-21-19(14)20(16-8-4-3-5-9-16)22-12-17(25)24(21)13-18(26)23-10-6-7-11-23/h3-5,8-9H,6-7,10-13H2,1-2H3. The molecule has 1 fully saturated rings. The van der Waals surface area contributed by atoms with Gasteiger partial charge >= 0.3 is 0 Å². The van der Waals surface area contributed by atoms with Crippen molar-refractivity contribution in [1.82, 2.24) is 4.90 Å². The maximum absolute atomic E-state index is 12.9. The van der Waals surface area contributed by atoms with Gasteiger partial charge in [-0.1, -0.05) is 30.3 Å². The summed E-state index contributed by atoms with van der Waals surface area (Å²) in [6.07, 6.45) is 2.09. The van der Waals surface area contributed by atoms with Crippen LogP contribution in [0.5, 0.6) is 0 Å². The largest absolute Gasteiger partial charge is 0.341 e. The number of aliphatic imine (C=N–C) groups is 1. The SMILES string of the molecule is Cc1sc2c(c1C)C(c1ccccc1)=NCC(=O)N2CC(=O)N1CCCC1. The van der Waals surface area contributed by atoms with Crippen LogP contribution in [0.25, 0.3) is 0 Å². The molecule has 2 aliphatic rings. The third-order valence-corrected chi connectivity index (χ3v) is 6.55. The summed E-state index contributed by atoms with van der Waals surface area (Å²) in [5.41, 5.74) is 3.96. The first kappa shape index (κ1) is 17.9. The lowest BCUT2D eigenvalue weighted by Gasteiger charge is -2.23. The summed E-state index contributed by atoms with van der Waals surface area (Å²) in [4.78, 5) is 34.9. The molecular formula is C21H23N3O2S. The Morgan fingerprint density at radius 3 is 2.56 bits per heavy atom. The maximum atomic E-state index is 12.9. The zero-order valence-corrected chi connectivity index (χ0v) is 16.5. The van der Waals surface area contributed by atoms with Crippen molar-refractivity contribution in [2.75, 3.05) is 31.1 Å². The van der Waals surface area contributed by atoms with E-state index in [-0.39, 0.29) is 24.9 Å². The minimum atomic E-state index is -0.115.